The van der Waals surface area contributed by atoms with Crippen LogP contribution in [0.5, 0.6) is 5.75 Å². The molecule has 0 spiro atoms. The van der Waals surface area contributed by atoms with E-state index in [9.17, 15) is 17.6 Å². The minimum absolute atomic E-state index is 0.148. The number of hydrogen-bond donors (Lipinski definition) is 2. The van der Waals surface area contributed by atoms with Gasteiger partial charge in [0.2, 0.25) is 0 Å². The van der Waals surface area contributed by atoms with E-state index in [0.29, 0.717) is 18.7 Å². The second-order valence-electron chi connectivity index (χ2n) is 7.43. The van der Waals surface area contributed by atoms with Crippen LogP contribution in [-0.2, 0) is 10.2 Å². The summed E-state index contributed by atoms with van der Waals surface area (Å²) in [6.07, 6.45) is 1.65. The molecule has 0 bridgehead atoms. The van der Waals surface area contributed by atoms with E-state index in [1.54, 1.807) is 19.2 Å². The molecule has 30 heavy (non-hydrogen) atoms. The lowest BCUT2D eigenvalue weighted by molar-refractivity contribution is 0.211. The highest BCUT2D eigenvalue weighted by molar-refractivity contribution is 7.87. The molecule has 160 valence electrons. The van der Waals surface area contributed by atoms with Gasteiger partial charge in [0.15, 0.2) is 0 Å². The van der Waals surface area contributed by atoms with E-state index in [2.05, 4.69) is 15.6 Å². The van der Waals surface area contributed by atoms with Crippen LogP contribution in [0.4, 0.5) is 20.6 Å². The average Bonchev–Trinajstić information content (AvgIpc) is 3.14. The van der Waals surface area contributed by atoms with Crippen LogP contribution in [0.25, 0.3) is 0 Å². The van der Waals surface area contributed by atoms with Crippen LogP contribution in [0, 0.1) is 12.7 Å². The second-order valence-corrected chi connectivity index (χ2v) is 9.42. The Morgan fingerprint density at radius 2 is 1.97 bits per heavy atom. The number of carbonyl (C=O) groups is 1. The summed E-state index contributed by atoms with van der Waals surface area (Å²) < 4.78 is 47.1. The number of carbonyl (C=O) groups excluding carboxylic acids is 1. The number of aryl methyl sites for hydroxylation is 1. The lowest BCUT2D eigenvalue weighted by atomic mass is 10.2. The highest BCUT2D eigenvalue weighted by atomic mass is 32.2. The Hall–Kier alpha value is -2.76. The Morgan fingerprint density at radius 3 is 2.67 bits per heavy atom. The van der Waals surface area contributed by atoms with Crippen molar-refractivity contribution in [2.75, 3.05) is 30.8 Å². The van der Waals surface area contributed by atoms with E-state index in [1.165, 1.54) is 33.0 Å². The Labute approximate surface area is 174 Å². The maximum absolute atomic E-state index is 14.1. The molecule has 2 amide bonds. The van der Waals surface area contributed by atoms with Crippen molar-refractivity contribution in [2.24, 2.45) is 0 Å². The van der Waals surface area contributed by atoms with E-state index in [-0.39, 0.29) is 30.1 Å². The van der Waals surface area contributed by atoms with Gasteiger partial charge >= 0.3 is 6.03 Å². The normalized spacial score (nSPS) is 23.2. The predicted molar refractivity (Wildman–Crippen MR) is 109 cm³/mol. The number of urea groups is 1. The van der Waals surface area contributed by atoms with Gasteiger partial charge in [-0.05, 0) is 25.1 Å². The van der Waals surface area contributed by atoms with Gasteiger partial charge in [-0.1, -0.05) is 0 Å². The number of ether oxygens (including phenoxy) is 1. The zero-order valence-electron chi connectivity index (χ0n) is 16.5. The molecule has 0 radical (unpaired) electrons. The van der Waals surface area contributed by atoms with Crippen molar-refractivity contribution in [1.29, 1.82) is 0 Å². The van der Waals surface area contributed by atoms with E-state index in [1.807, 2.05) is 6.92 Å². The summed E-state index contributed by atoms with van der Waals surface area (Å²) in [4.78, 5) is 16.3. The number of rotatable bonds is 4. The molecule has 0 unspecified atom stereocenters. The Balaban J connectivity index is 1.40. The molecule has 4 rings (SSSR count). The second kappa shape index (κ2) is 7.82. The Kier molecular flexibility index (Phi) is 5.35. The van der Waals surface area contributed by atoms with Crippen LogP contribution >= 0.6 is 0 Å². The number of hydrogen-bond acceptors (Lipinski definition) is 5. The molecule has 1 aromatic heterocycles. The maximum Gasteiger partial charge on any atom is 0.323 e. The summed E-state index contributed by atoms with van der Waals surface area (Å²) in [5.41, 5.74) is 1.54. The number of nitrogens with zero attached hydrogens (tertiary/aromatic N) is 3. The van der Waals surface area contributed by atoms with Crippen molar-refractivity contribution < 1.29 is 22.3 Å². The van der Waals surface area contributed by atoms with Crippen LogP contribution in [-0.4, -0.2) is 60.3 Å². The smallest absolute Gasteiger partial charge is 0.323 e. The molecular formula is C19H22FN5O4S. The third-order valence-electron chi connectivity index (χ3n) is 5.09. The molecule has 3 heterocycles. The number of fused-ring (bicyclic) bond motifs is 1. The number of nitrogens with one attached hydrogen (secondary N) is 2. The van der Waals surface area contributed by atoms with Gasteiger partial charge in [0, 0.05) is 49.6 Å². The van der Waals surface area contributed by atoms with E-state index in [0.717, 1.165) is 5.69 Å². The molecule has 11 heteroatoms. The van der Waals surface area contributed by atoms with Crippen molar-refractivity contribution in [3.05, 3.63) is 48.0 Å². The lowest BCUT2D eigenvalue weighted by Gasteiger charge is -2.18. The fourth-order valence-electron chi connectivity index (χ4n) is 3.68. The monoisotopic (exact) mass is 435 g/mol. The number of amides is 2. The summed E-state index contributed by atoms with van der Waals surface area (Å²) in [7, 11) is -1.90. The Morgan fingerprint density at radius 1 is 1.20 bits per heavy atom. The van der Waals surface area contributed by atoms with Gasteiger partial charge in [0.1, 0.15) is 17.7 Å². The van der Waals surface area contributed by atoms with Gasteiger partial charge in [0.05, 0.1) is 18.4 Å². The van der Waals surface area contributed by atoms with Crippen LogP contribution in [0.1, 0.15) is 12.1 Å². The summed E-state index contributed by atoms with van der Waals surface area (Å²) in [6.45, 7) is 2.45. The van der Waals surface area contributed by atoms with E-state index < -0.39 is 22.1 Å². The van der Waals surface area contributed by atoms with E-state index in [4.69, 9.17) is 4.74 Å². The molecule has 2 aliphatic rings. The molecule has 2 N–H and O–H groups in total. The molecule has 2 fully saturated rings. The third-order valence-corrected chi connectivity index (χ3v) is 7.06. The summed E-state index contributed by atoms with van der Waals surface area (Å²) in [5, 5.41) is 5.17. The SMILES string of the molecule is Cc1ccc(NC(=O)Nc2cc(F)cc(O[C@@H]3C[C@@H]4CN(C)S(=O)(=O)N4C3)c2)cn1. The van der Waals surface area contributed by atoms with Crippen molar-refractivity contribution in [2.45, 2.75) is 25.5 Å². The number of pyridine rings is 1. The van der Waals surface area contributed by atoms with Gasteiger partial charge in [-0.15, -0.1) is 0 Å². The number of aromatic nitrogens is 1. The quantitative estimate of drug-likeness (QED) is 0.766. The number of halogens is 1. The number of benzene rings is 1. The standard InChI is InChI=1S/C19H22FN5O4S/c1-12-3-4-14(9-21-12)22-19(26)23-15-5-13(20)6-17(7-15)29-18-8-16-10-24(2)30(27,28)25(16)11-18/h3-7,9,16,18H,8,10-11H2,1-2H3,(H2,22,23,26)/t16-,18-/m1/s1. The molecule has 2 aliphatic heterocycles. The van der Waals surface area contributed by atoms with Crippen LogP contribution < -0.4 is 15.4 Å². The first-order valence-corrected chi connectivity index (χ1v) is 10.8. The zero-order chi connectivity index (χ0) is 21.5. The van der Waals surface area contributed by atoms with Gasteiger partial charge in [0.25, 0.3) is 10.2 Å². The Bertz CT molecular complexity index is 1060. The first-order valence-electron chi connectivity index (χ1n) is 9.42. The molecule has 0 saturated carbocycles. The van der Waals surface area contributed by atoms with Crippen molar-refractivity contribution in [3.8, 4) is 5.75 Å². The highest BCUT2D eigenvalue weighted by Crippen LogP contribution is 2.32. The van der Waals surface area contributed by atoms with Crippen molar-refractivity contribution in [3.63, 3.8) is 0 Å². The van der Waals surface area contributed by atoms with Crippen molar-refractivity contribution >= 4 is 27.6 Å². The first-order chi connectivity index (χ1) is 14.2. The molecule has 2 atom stereocenters. The summed E-state index contributed by atoms with van der Waals surface area (Å²) in [6, 6.07) is 6.65. The topological polar surface area (TPSA) is 104 Å². The summed E-state index contributed by atoms with van der Waals surface area (Å²) >= 11 is 0. The predicted octanol–water partition coefficient (Wildman–Crippen LogP) is 2.19. The van der Waals surface area contributed by atoms with Crippen LogP contribution in [0.3, 0.4) is 0 Å². The van der Waals surface area contributed by atoms with Gasteiger partial charge in [-0.2, -0.15) is 17.0 Å². The average molecular weight is 435 g/mol. The van der Waals surface area contributed by atoms with Crippen LogP contribution in [0.2, 0.25) is 0 Å². The van der Waals surface area contributed by atoms with Crippen LogP contribution in [0.15, 0.2) is 36.5 Å². The fraction of sp³-hybridized carbons (Fsp3) is 0.368. The van der Waals surface area contributed by atoms with Gasteiger partial charge < -0.3 is 15.4 Å². The molecule has 2 saturated heterocycles. The molecule has 2 aromatic rings. The molecule has 1 aromatic carbocycles. The molecule has 9 nitrogen and oxygen atoms in total. The number of likely N-dealkylation sites (N-methyl/N-ethyl adjacent to an activating group) is 1. The minimum atomic E-state index is -3.45. The zero-order valence-corrected chi connectivity index (χ0v) is 17.3. The summed E-state index contributed by atoms with van der Waals surface area (Å²) in [5.74, 6) is -0.357. The fourth-order valence-corrected chi connectivity index (χ4v) is 5.28. The van der Waals surface area contributed by atoms with E-state index >= 15 is 0 Å². The first kappa shape index (κ1) is 20.5. The number of anilines is 2. The largest absolute Gasteiger partial charge is 0.489 e. The molecule has 0 aliphatic carbocycles. The minimum Gasteiger partial charge on any atom is -0.489 e. The van der Waals surface area contributed by atoms with Gasteiger partial charge in [-0.3, -0.25) is 4.98 Å². The van der Waals surface area contributed by atoms with Crippen molar-refractivity contribution in [1.82, 2.24) is 13.6 Å². The third kappa shape index (κ3) is 4.23. The lowest BCUT2D eigenvalue weighted by Crippen LogP contribution is -2.34. The highest BCUT2D eigenvalue weighted by Gasteiger charge is 2.48. The maximum atomic E-state index is 14.1. The molecular weight excluding hydrogens is 413 g/mol. The van der Waals surface area contributed by atoms with Gasteiger partial charge in [-0.25, -0.2) is 9.18 Å².